The van der Waals surface area contributed by atoms with E-state index in [-0.39, 0.29) is 6.10 Å². The van der Waals surface area contributed by atoms with Crippen LogP contribution in [0.1, 0.15) is 32.2 Å². The van der Waals surface area contributed by atoms with E-state index < -0.39 is 0 Å². The van der Waals surface area contributed by atoms with E-state index >= 15 is 0 Å². The van der Waals surface area contributed by atoms with Crippen LogP contribution in [0.3, 0.4) is 0 Å². The van der Waals surface area contributed by atoms with Crippen LogP contribution in [0.4, 0.5) is 0 Å². The third kappa shape index (κ3) is 4.98. The molecule has 0 radical (unpaired) electrons. The summed E-state index contributed by atoms with van der Waals surface area (Å²) < 4.78 is 11.1. The van der Waals surface area contributed by atoms with Gasteiger partial charge in [0.15, 0.2) is 0 Å². The number of rotatable bonds is 8. The molecular formula is C13H23N3O2. The molecule has 0 amide bonds. The Kier molecular flexibility index (Phi) is 6.60. The van der Waals surface area contributed by atoms with E-state index in [0.717, 1.165) is 12.1 Å². The molecule has 5 heteroatoms. The van der Waals surface area contributed by atoms with E-state index in [2.05, 4.69) is 22.2 Å². The smallest absolute Gasteiger partial charge is 0.221 e. The number of nitrogens with one attached hydrogen (secondary N) is 1. The third-order valence-electron chi connectivity index (χ3n) is 2.38. The lowest BCUT2D eigenvalue weighted by atomic mass is 10.3. The van der Waals surface area contributed by atoms with Gasteiger partial charge in [-0.25, -0.2) is 4.98 Å². The molecule has 0 fully saturated rings. The van der Waals surface area contributed by atoms with Crippen molar-refractivity contribution in [2.75, 3.05) is 19.8 Å². The average Bonchev–Trinajstić information content (AvgIpc) is 2.35. The van der Waals surface area contributed by atoms with E-state index in [1.807, 2.05) is 27.0 Å². The molecule has 0 aliphatic rings. The Bertz CT molecular complexity index is 358. The van der Waals surface area contributed by atoms with Gasteiger partial charge in [0.1, 0.15) is 11.9 Å². The van der Waals surface area contributed by atoms with Crippen LogP contribution in [0, 0.1) is 6.92 Å². The van der Waals surface area contributed by atoms with Crippen molar-refractivity contribution in [2.45, 2.75) is 40.3 Å². The second-order valence-corrected chi connectivity index (χ2v) is 4.12. The first-order valence-electron chi connectivity index (χ1n) is 6.45. The first-order chi connectivity index (χ1) is 8.67. The molecule has 0 bridgehead atoms. The molecule has 5 nitrogen and oxygen atoms in total. The number of aryl methyl sites for hydroxylation is 1. The number of nitrogens with zero attached hydrogens (tertiary/aromatic N) is 2. The summed E-state index contributed by atoms with van der Waals surface area (Å²) in [4.78, 5) is 8.54. The van der Waals surface area contributed by atoms with E-state index in [4.69, 9.17) is 9.47 Å². The van der Waals surface area contributed by atoms with Crippen LogP contribution in [-0.2, 0) is 11.3 Å². The highest BCUT2D eigenvalue weighted by Gasteiger charge is 2.11. The Labute approximate surface area is 109 Å². The van der Waals surface area contributed by atoms with Crippen molar-refractivity contribution >= 4 is 0 Å². The number of hydrogen-bond donors (Lipinski definition) is 1. The number of aromatic nitrogens is 2. The normalized spacial score (nSPS) is 12.4. The van der Waals surface area contributed by atoms with E-state index in [1.165, 1.54) is 0 Å². The first-order valence-corrected chi connectivity index (χ1v) is 6.45. The van der Waals surface area contributed by atoms with Gasteiger partial charge in [0.25, 0.3) is 0 Å². The molecular weight excluding hydrogens is 230 g/mol. The third-order valence-corrected chi connectivity index (χ3v) is 2.38. The van der Waals surface area contributed by atoms with Gasteiger partial charge in [-0.2, -0.15) is 4.98 Å². The van der Waals surface area contributed by atoms with Gasteiger partial charge in [-0.15, -0.1) is 0 Å². The number of hydrogen-bond acceptors (Lipinski definition) is 5. The molecule has 1 heterocycles. The zero-order valence-electron chi connectivity index (χ0n) is 11.7. The van der Waals surface area contributed by atoms with Gasteiger partial charge in [-0.1, -0.05) is 6.92 Å². The molecule has 1 aromatic rings. The highest BCUT2D eigenvalue weighted by atomic mass is 16.5. The standard InChI is InChI=1S/C13H23N3O2/c1-5-14-7-12-8-15-11(4)16-13(12)18-10(3)9-17-6-2/h8,10,14H,5-7,9H2,1-4H3. The van der Waals surface area contributed by atoms with Crippen LogP contribution < -0.4 is 10.1 Å². The minimum absolute atomic E-state index is 0.0142. The lowest BCUT2D eigenvalue weighted by molar-refractivity contribution is 0.0625. The van der Waals surface area contributed by atoms with Crippen molar-refractivity contribution < 1.29 is 9.47 Å². The van der Waals surface area contributed by atoms with Crippen LogP contribution in [0.5, 0.6) is 5.88 Å². The zero-order valence-corrected chi connectivity index (χ0v) is 11.7. The summed E-state index contributed by atoms with van der Waals surface area (Å²) in [6, 6.07) is 0. The first kappa shape index (κ1) is 14.9. The van der Waals surface area contributed by atoms with Gasteiger partial charge in [-0.3, -0.25) is 0 Å². The molecule has 1 unspecified atom stereocenters. The lowest BCUT2D eigenvalue weighted by Crippen LogP contribution is -2.22. The molecule has 0 spiro atoms. The van der Waals surface area contributed by atoms with Crippen molar-refractivity contribution in [3.63, 3.8) is 0 Å². The molecule has 1 N–H and O–H groups in total. The molecule has 0 aliphatic heterocycles. The Hall–Kier alpha value is -1.20. The quantitative estimate of drug-likeness (QED) is 0.764. The summed E-state index contributed by atoms with van der Waals surface area (Å²) in [6.07, 6.45) is 1.80. The van der Waals surface area contributed by atoms with E-state index in [9.17, 15) is 0 Å². The molecule has 1 atom stereocenters. The second kappa shape index (κ2) is 8.00. The predicted molar refractivity (Wildman–Crippen MR) is 70.7 cm³/mol. The Morgan fingerprint density at radius 3 is 2.83 bits per heavy atom. The minimum atomic E-state index is -0.0142. The number of ether oxygens (including phenoxy) is 2. The molecule has 18 heavy (non-hydrogen) atoms. The van der Waals surface area contributed by atoms with Crippen LogP contribution in [0.2, 0.25) is 0 Å². The largest absolute Gasteiger partial charge is 0.472 e. The highest BCUT2D eigenvalue weighted by molar-refractivity contribution is 5.23. The van der Waals surface area contributed by atoms with Crippen LogP contribution in [-0.4, -0.2) is 35.8 Å². The van der Waals surface area contributed by atoms with Gasteiger partial charge >= 0.3 is 0 Å². The molecule has 1 rings (SSSR count). The van der Waals surface area contributed by atoms with Crippen molar-refractivity contribution in [2.24, 2.45) is 0 Å². The SMILES string of the molecule is CCNCc1cnc(C)nc1OC(C)COCC. The topological polar surface area (TPSA) is 56.3 Å². The van der Waals surface area contributed by atoms with Gasteiger partial charge in [-0.05, 0) is 27.3 Å². The van der Waals surface area contributed by atoms with Crippen molar-refractivity contribution in [1.82, 2.24) is 15.3 Å². The van der Waals surface area contributed by atoms with Crippen LogP contribution >= 0.6 is 0 Å². The Balaban J connectivity index is 2.68. The fourth-order valence-electron chi connectivity index (χ4n) is 1.47. The molecule has 1 aromatic heterocycles. The van der Waals surface area contributed by atoms with Crippen molar-refractivity contribution in [3.8, 4) is 5.88 Å². The maximum Gasteiger partial charge on any atom is 0.221 e. The maximum atomic E-state index is 5.81. The summed E-state index contributed by atoms with van der Waals surface area (Å²) in [6.45, 7) is 10.8. The van der Waals surface area contributed by atoms with Gasteiger partial charge in [0, 0.05) is 24.9 Å². The Morgan fingerprint density at radius 2 is 2.17 bits per heavy atom. The zero-order chi connectivity index (χ0) is 13.4. The summed E-state index contributed by atoms with van der Waals surface area (Å²) in [5.41, 5.74) is 0.978. The molecule has 0 saturated heterocycles. The van der Waals surface area contributed by atoms with Crippen molar-refractivity contribution in [1.29, 1.82) is 0 Å². The molecule has 0 aliphatic carbocycles. The molecule has 0 aromatic carbocycles. The predicted octanol–water partition coefficient (Wildman–Crippen LogP) is 1.70. The van der Waals surface area contributed by atoms with E-state index in [0.29, 0.717) is 31.5 Å². The summed E-state index contributed by atoms with van der Waals surface area (Å²) in [5, 5.41) is 3.25. The summed E-state index contributed by atoms with van der Waals surface area (Å²) >= 11 is 0. The molecule has 102 valence electrons. The van der Waals surface area contributed by atoms with Gasteiger partial charge < -0.3 is 14.8 Å². The van der Waals surface area contributed by atoms with Crippen molar-refractivity contribution in [3.05, 3.63) is 17.6 Å². The lowest BCUT2D eigenvalue weighted by Gasteiger charge is -2.16. The maximum absolute atomic E-state index is 5.81. The van der Waals surface area contributed by atoms with E-state index in [1.54, 1.807) is 0 Å². The fraction of sp³-hybridized carbons (Fsp3) is 0.692. The monoisotopic (exact) mass is 253 g/mol. The Morgan fingerprint density at radius 1 is 1.39 bits per heavy atom. The fourth-order valence-corrected chi connectivity index (χ4v) is 1.47. The second-order valence-electron chi connectivity index (χ2n) is 4.12. The van der Waals surface area contributed by atoms with Gasteiger partial charge in [0.2, 0.25) is 5.88 Å². The summed E-state index contributed by atoms with van der Waals surface area (Å²) in [5.74, 6) is 1.37. The molecule has 0 saturated carbocycles. The highest BCUT2D eigenvalue weighted by Crippen LogP contribution is 2.16. The minimum Gasteiger partial charge on any atom is -0.472 e. The van der Waals surface area contributed by atoms with Crippen LogP contribution in [0.15, 0.2) is 6.20 Å². The summed E-state index contributed by atoms with van der Waals surface area (Å²) in [7, 11) is 0. The van der Waals surface area contributed by atoms with Gasteiger partial charge in [0.05, 0.1) is 6.61 Å². The van der Waals surface area contributed by atoms with Crippen LogP contribution in [0.25, 0.3) is 0 Å². The average molecular weight is 253 g/mol.